The Labute approximate surface area is 147 Å². The van der Waals surface area contributed by atoms with Gasteiger partial charge >= 0.3 is 0 Å². The van der Waals surface area contributed by atoms with Gasteiger partial charge in [-0.2, -0.15) is 0 Å². The molecule has 3 heterocycles. The second-order valence-electron chi connectivity index (χ2n) is 6.66. The Hall–Kier alpha value is -2.88. The smallest absolute Gasteiger partial charge is 0.245 e. The van der Waals surface area contributed by atoms with Crippen molar-refractivity contribution >= 4 is 16.9 Å². The summed E-state index contributed by atoms with van der Waals surface area (Å²) in [7, 11) is 0. The fourth-order valence-electron chi connectivity index (χ4n) is 3.68. The molecule has 25 heavy (non-hydrogen) atoms. The maximum absolute atomic E-state index is 11.7. The van der Waals surface area contributed by atoms with Crippen molar-refractivity contribution in [2.45, 2.75) is 12.8 Å². The van der Waals surface area contributed by atoms with Crippen LogP contribution in [0.5, 0.6) is 0 Å². The summed E-state index contributed by atoms with van der Waals surface area (Å²) in [6.07, 6.45) is 7.37. The number of H-pyrrole nitrogens is 1. The first-order valence-electron chi connectivity index (χ1n) is 8.67. The Morgan fingerprint density at radius 1 is 1.36 bits per heavy atom. The van der Waals surface area contributed by atoms with E-state index in [1.165, 1.54) is 22.8 Å². The topological polar surface area (TPSA) is 49.0 Å². The lowest BCUT2D eigenvalue weighted by Gasteiger charge is -2.14. The monoisotopic (exact) mass is 331 g/mol. The van der Waals surface area contributed by atoms with Crippen LogP contribution >= 0.6 is 0 Å². The van der Waals surface area contributed by atoms with Crippen molar-refractivity contribution < 1.29 is 4.79 Å². The number of aromatic amines is 1. The molecule has 1 saturated heterocycles. The van der Waals surface area contributed by atoms with Crippen LogP contribution in [-0.4, -0.2) is 33.9 Å². The molecule has 1 amide bonds. The fraction of sp³-hybridized carbons (Fsp3) is 0.238. The fourth-order valence-corrected chi connectivity index (χ4v) is 3.68. The van der Waals surface area contributed by atoms with E-state index in [2.05, 4.69) is 46.9 Å². The molecule has 0 saturated carbocycles. The van der Waals surface area contributed by atoms with Gasteiger partial charge in [-0.25, -0.2) is 4.98 Å². The summed E-state index contributed by atoms with van der Waals surface area (Å²) in [6, 6.07) is 12.6. The number of carbonyl (C=O) groups excluding carboxylic acids is 1. The third-order valence-electron chi connectivity index (χ3n) is 4.97. The number of benzene rings is 1. The predicted octanol–water partition coefficient (Wildman–Crippen LogP) is 3.81. The zero-order valence-corrected chi connectivity index (χ0v) is 14.1. The lowest BCUT2D eigenvalue weighted by atomic mass is 9.98. The normalized spacial score (nSPS) is 17.1. The van der Waals surface area contributed by atoms with Crippen LogP contribution < -0.4 is 0 Å². The van der Waals surface area contributed by atoms with E-state index >= 15 is 0 Å². The van der Waals surface area contributed by atoms with Gasteiger partial charge in [0.15, 0.2) is 0 Å². The molecule has 4 rings (SSSR count). The summed E-state index contributed by atoms with van der Waals surface area (Å²) in [5.41, 5.74) is 4.51. The minimum atomic E-state index is 0.0353. The molecule has 4 heteroatoms. The number of hydrogen-bond acceptors (Lipinski definition) is 2. The highest BCUT2D eigenvalue weighted by molar-refractivity contribution is 5.93. The van der Waals surface area contributed by atoms with Gasteiger partial charge in [-0.3, -0.25) is 4.79 Å². The van der Waals surface area contributed by atoms with Gasteiger partial charge in [-0.15, -0.1) is 0 Å². The van der Waals surface area contributed by atoms with Gasteiger partial charge in [0.05, 0.1) is 0 Å². The summed E-state index contributed by atoms with van der Waals surface area (Å²) >= 11 is 0. The molecule has 1 aliphatic rings. The van der Waals surface area contributed by atoms with Gasteiger partial charge in [0.25, 0.3) is 0 Å². The van der Waals surface area contributed by atoms with Crippen molar-refractivity contribution in [3.63, 3.8) is 0 Å². The Balaban J connectivity index is 1.57. The molecule has 0 spiro atoms. The van der Waals surface area contributed by atoms with Crippen LogP contribution in [0, 0.1) is 5.92 Å². The van der Waals surface area contributed by atoms with Gasteiger partial charge in [0.2, 0.25) is 5.91 Å². The minimum absolute atomic E-state index is 0.0353. The van der Waals surface area contributed by atoms with Crippen LogP contribution in [0.15, 0.2) is 61.4 Å². The van der Waals surface area contributed by atoms with Gasteiger partial charge in [-0.1, -0.05) is 36.9 Å². The SMILES string of the molecule is C=CC(=O)N1CC[C@H](Cc2cnc3[nH]cc(-c4ccccc4)c3c2)C1. The van der Waals surface area contributed by atoms with Crippen LogP contribution in [0.2, 0.25) is 0 Å². The zero-order valence-electron chi connectivity index (χ0n) is 14.1. The Kier molecular flexibility index (Phi) is 4.10. The molecule has 126 valence electrons. The number of nitrogens with zero attached hydrogens (tertiary/aromatic N) is 2. The molecular weight excluding hydrogens is 310 g/mol. The number of rotatable bonds is 4. The number of amides is 1. The lowest BCUT2D eigenvalue weighted by molar-refractivity contribution is -0.125. The number of nitrogens with one attached hydrogen (secondary N) is 1. The molecule has 0 bridgehead atoms. The van der Waals surface area contributed by atoms with E-state index in [0.717, 1.165) is 37.0 Å². The highest BCUT2D eigenvalue weighted by atomic mass is 16.2. The largest absolute Gasteiger partial charge is 0.346 e. The third-order valence-corrected chi connectivity index (χ3v) is 4.97. The van der Waals surface area contributed by atoms with Crippen molar-refractivity contribution in [2.24, 2.45) is 5.92 Å². The molecule has 1 aliphatic heterocycles. The van der Waals surface area contributed by atoms with E-state index < -0.39 is 0 Å². The minimum Gasteiger partial charge on any atom is -0.346 e. The maximum atomic E-state index is 11.7. The molecule has 0 radical (unpaired) electrons. The lowest BCUT2D eigenvalue weighted by Crippen LogP contribution is -2.26. The van der Waals surface area contributed by atoms with E-state index in [1.807, 2.05) is 23.4 Å². The van der Waals surface area contributed by atoms with Gasteiger partial charge < -0.3 is 9.88 Å². The van der Waals surface area contributed by atoms with E-state index in [9.17, 15) is 4.79 Å². The van der Waals surface area contributed by atoms with Crippen molar-refractivity contribution in [1.29, 1.82) is 0 Å². The highest BCUT2D eigenvalue weighted by Gasteiger charge is 2.25. The summed E-state index contributed by atoms with van der Waals surface area (Å²) in [5.74, 6) is 0.523. The molecule has 1 N–H and O–H groups in total. The van der Waals surface area contributed by atoms with Gasteiger partial charge in [0.1, 0.15) is 5.65 Å². The number of pyridine rings is 1. The average Bonchev–Trinajstić information content (AvgIpc) is 3.28. The third kappa shape index (κ3) is 3.07. The molecule has 1 aromatic carbocycles. The van der Waals surface area contributed by atoms with Gasteiger partial charge in [-0.05, 0) is 42.0 Å². The van der Waals surface area contributed by atoms with E-state index in [0.29, 0.717) is 5.92 Å². The molecule has 0 aliphatic carbocycles. The van der Waals surface area contributed by atoms with Crippen molar-refractivity contribution in [3.05, 3.63) is 67.0 Å². The molecule has 4 nitrogen and oxygen atoms in total. The van der Waals surface area contributed by atoms with E-state index in [-0.39, 0.29) is 5.91 Å². The number of likely N-dealkylation sites (tertiary alicyclic amines) is 1. The first kappa shape index (κ1) is 15.6. The number of carbonyl (C=O) groups is 1. The first-order valence-corrected chi connectivity index (χ1v) is 8.67. The Morgan fingerprint density at radius 2 is 2.20 bits per heavy atom. The molecular formula is C21H21N3O. The number of aromatic nitrogens is 2. The molecule has 3 aromatic rings. The molecule has 0 unspecified atom stereocenters. The van der Waals surface area contributed by atoms with Crippen LogP contribution in [0.3, 0.4) is 0 Å². The second-order valence-corrected chi connectivity index (χ2v) is 6.66. The summed E-state index contributed by atoms with van der Waals surface area (Å²) in [4.78, 5) is 21.5. The Bertz CT molecular complexity index is 913. The van der Waals surface area contributed by atoms with Crippen molar-refractivity contribution in [2.75, 3.05) is 13.1 Å². The van der Waals surface area contributed by atoms with E-state index in [4.69, 9.17) is 0 Å². The number of fused-ring (bicyclic) bond motifs is 1. The van der Waals surface area contributed by atoms with Crippen LogP contribution in [0.1, 0.15) is 12.0 Å². The second kappa shape index (κ2) is 6.55. The van der Waals surface area contributed by atoms with Gasteiger partial charge in [0, 0.05) is 36.4 Å². The van der Waals surface area contributed by atoms with Crippen LogP contribution in [0.25, 0.3) is 22.2 Å². The first-order chi connectivity index (χ1) is 12.2. The summed E-state index contributed by atoms with van der Waals surface area (Å²) in [5, 5.41) is 1.15. The molecule has 1 fully saturated rings. The maximum Gasteiger partial charge on any atom is 0.245 e. The standard InChI is InChI=1S/C21H21N3O/c1-2-20(25)24-9-8-15(14-24)10-16-11-18-19(13-23-21(18)22-12-16)17-6-4-3-5-7-17/h2-7,11-13,15H,1,8-10,14H2,(H,22,23)/t15-/m1/s1. The molecule has 1 atom stereocenters. The average molecular weight is 331 g/mol. The molecule has 2 aromatic heterocycles. The highest BCUT2D eigenvalue weighted by Crippen LogP contribution is 2.29. The Morgan fingerprint density at radius 3 is 3.00 bits per heavy atom. The number of hydrogen-bond donors (Lipinski definition) is 1. The predicted molar refractivity (Wildman–Crippen MR) is 100 cm³/mol. The summed E-state index contributed by atoms with van der Waals surface area (Å²) < 4.78 is 0. The van der Waals surface area contributed by atoms with E-state index in [1.54, 1.807) is 0 Å². The summed E-state index contributed by atoms with van der Waals surface area (Å²) in [6.45, 7) is 5.21. The quantitative estimate of drug-likeness (QED) is 0.739. The zero-order chi connectivity index (χ0) is 17.2. The van der Waals surface area contributed by atoms with Crippen LogP contribution in [-0.2, 0) is 11.2 Å². The van der Waals surface area contributed by atoms with Crippen LogP contribution in [0.4, 0.5) is 0 Å². The van der Waals surface area contributed by atoms with Crippen molar-refractivity contribution in [3.8, 4) is 11.1 Å². The van der Waals surface area contributed by atoms with Crippen molar-refractivity contribution in [1.82, 2.24) is 14.9 Å².